The van der Waals surface area contributed by atoms with Crippen LogP contribution in [0.15, 0.2) is 23.3 Å². The summed E-state index contributed by atoms with van der Waals surface area (Å²) >= 11 is 0. The Bertz CT molecular complexity index is 534. The molecular weight excluding hydrogens is 240 g/mol. The summed E-state index contributed by atoms with van der Waals surface area (Å²) in [6.45, 7) is 5.90. The molecule has 5 nitrogen and oxygen atoms in total. The van der Waals surface area contributed by atoms with Crippen LogP contribution in [0.5, 0.6) is 0 Å². The molecule has 1 fully saturated rings. The Balaban J connectivity index is 2.01. The van der Waals surface area contributed by atoms with Crippen molar-refractivity contribution in [2.24, 2.45) is 11.0 Å². The number of carbonyl (C=O) groups excluding carboxylic acids is 1. The quantitative estimate of drug-likeness (QED) is 0.465. The molecule has 1 aliphatic heterocycles. The number of likely N-dealkylation sites (tertiary alicyclic amines) is 1. The molecular formula is C14H18N4O. The molecule has 1 unspecified atom stereocenters. The minimum Gasteiger partial charge on any atom is -0.338 e. The molecule has 0 saturated carbocycles. The first-order valence-electron chi connectivity index (χ1n) is 6.45. The average molecular weight is 258 g/mol. The number of nitrogens with zero attached hydrogens (tertiary/aromatic N) is 4. The summed E-state index contributed by atoms with van der Waals surface area (Å²) in [4.78, 5) is 16.5. The second kappa shape index (κ2) is 5.76. The lowest BCUT2D eigenvalue weighted by molar-refractivity contribution is -0.128. The van der Waals surface area contributed by atoms with Crippen molar-refractivity contribution in [3.05, 3.63) is 45.3 Å². The Hall–Kier alpha value is -2.00. The normalized spacial score (nSPS) is 18.5. The summed E-state index contributed by atoms with van der Waals surface area (Å²) < 4.78 is 0. The summed E-state index contributed by atoms with van der Waals surface area (Å²) in [5.74, 6) is 0.311. The maximum atomic E-state index is 11.9. The highest BCUT2D eigenvalue weighted by atomic mass is 16.2. The van der Waals surface area contributed by atoms with Gasteiger partial charge in [0.1, 0.15) is 0 Å². The largest absolute Gasteiger partial charge is 0.338 e. The molecule has 1 amide bonds. The molecule has 1 aromatic carbocycles. The monoisotopic (exact) mass is 258 g/mol. The molecule has 0 N–H and O–H groups in total. The van der Waals surface area contributed by atoms with E-state index >= 15 is 0 Å². The van der Waals surface area contributed by atoms with Crippen LogP contribution in [-0.2, 0) is 11.3 Å². The molecule has 1 aliphatic rings. The van der Waals surface area contributed by atoms with Crippen LogP contribution in [0, 0.1) is 19.8 Å². The van der Waals surface area contributed by atoms with E-state index in [1.165, 1.54) is 11.1 Å². The zero-order chi connectivity index (χ0) is 13.8. The van der Waals surface area contributed by atoms with Crippen molar-refractivity contribution in [2.45, 2.75) is 26.8 Å². The SMILES string of the molecule is Cc1ccc(CN2CC(CN=[N+]=[N-])CC2=O)cc1C. The Morgan fingerprint density at radius 2 is 2.21 bits per heavy atom. The highest BCUT2D eigenvalue weighted by molar-refractivity contribution is 5.78. The van der Waals surface area contributed by atoms with Gasteiger partial charge in [-0.15, -0.1) is 0 Å². The van der Waals surface area contributed by atoms with Crippen molar-refractivity contribution in [1.29, 1.82) is 0 Å². The van der Waals surface area contributed by atoms with Gasteiger partial charge in [0, 0.05) is 31.0 Å². The van der Waals surface area contributed by atoms with Crippen LogP contribution in [0.1, 0.15) is 23.1 Å². The molecule has 100 valence electrons. The third-order valence-corrected chi connectivity index (χ3v) is 3.64. The van der Waals surface area contributed by atoms with Crippen LogP contribution in [-0.4, -0.2) is 23.9 Å². The van der Waals surface area contributed by atoms with Gasteiger partial charge < -0.3 is 4.90 Å². The summed E-state index contributed by atoms with van der Waals surface area (Å²) in [6, 6.07) is 6.28. The fourth-order valence-corrected chi connectivity index (χ4v) is 2.40. The van der Waals surface area contributed by atoms with Gasteiger partial charge in [-0.3, -0.25) is 4.79 Å². The van der Waals surface area contributed by atoms with E-state index in [-0.39, 0.29) is 11.8 Å². The predicted octanol–water partition coefficient (Wildman–Crippen LogP) is 2.96. The molecule has 0 bridgehead atoms. The minimum absolute atomic E-state index is 0.149. The molecule has 1 heterocycles. The summed E-state index contributed by atoms with van der Waals surface area (Å²) in [7, 11) is 0. The molecule has 0 aromatic heterocycles. The first-order chi connectivity index (χ1) is 9.10. The van der Waals surface area contributed by atoms with E-state index in [2.05, 4.69) is 42.1 Å². The van der Waals surface area contributed by atoms with Crippen LogP contribution in [0.3, 0.4) is 0 Å². The van der Waals surface area contributed by atoms with Crippen molar-refractivity contribution in [1.82, 2.24) is 4.90 Å². The number of azide groups is 1. The second-order valence-corrected chi connectivity index (χ2v) is 5.18. The second-order valence-electron chi connectivity index (χ2n) is 5.18. The summed E-state index contributed by atoms with van der Waals surface area (Å²) in [5.41, 5.74) is 12.0. The lowest BCUT2D eigenvalue weighted by Gasteiger charge is -2.17. The summed E-state index contributed by atoms with van der Waals surface area (Å²) in [6.07, 6.45) is 0.490. The fourth-order valence-electron chi connectivity index (χ4n) is 2.40. The minimum atomic E-state index is 0.149. The molecule has 2 rings (SSSR count). The lowest BCUT2D eigenvalue weighted by atomic mass is 10.1. The molecule has 1 saturated heterocycles. The van der Waals surface area contributed by atoms with Crippen molar-refractivity contribution in [3.8, 4) is 0 Å². The number of benzene rings is 1. The maximum Gasteiger partial charge on any atom is 0.223 e. The van der Waals surface area contributed by atoms with Gasteiger partial charge in [0.05, 0.1) is 0 Å². The van der Waals surface area contributed by atoms with E-state index in [1.54, 1.807) is 0 Å². The van der Waals surface area contributed by atoms with Crippen molar-refractivity contribution in [3.63, 3.8) is 0 Å². The molecule has 1 atom stereocenters. The molecule has 0 spiro atoms. The highest BCUT2D eigenvalue weighted by Crippen LogP contribution is 2.21. The van der Waals surface area contributed by atoms with Gasteiger partial charge in [0.25, 0.3) is 0 Å². The maximum absolute atomic E-state index is 11.9. The summed E-state index contributed by atoms with van der Waals surface area (Å²) in [5, 5.41) is 3.56. The molecule has 5 heteroatoms. The van der Waals surface area contributed by atoms with Crippen LogP contribution in [0.2, 0.25) is 0 Å². The highest BCUT2D eigenvalue weighted by Gasteiger charge is 2.28. The standard InChI is InChI=1S/C14H18N4O/c1-10-3-4-12(5-11(10)2)8-18-9-13(6-14(18)19)7-16-17-15/h3-5,13H,6-9H2,1-2H3. The van der Waals surface area contributed by atoms with Crippen LogP contribution in [0.4, 0.5) is 0 Å². The van der Waals surface area contributed by atoms with E-state index in [4.69, 9.17) is 5.53 Å². The van der Waals surface area contributed by atoms with E-state index in [9.17, 15) is 4.79 Å². The Labute approximate surface area is 112 Å². The van der Waals surface area contributed by atoms with Gasteiger partial charge in [0.15, 0.2) is 0 Å². The zero-order valence-electron chi connectivity index (χ0n) is 11.3. The predicted molar refractivity (Wildman–Crippen MR) is 73.5 cm³/mol. The number of aryl methyl sites for hydroxylation is 2. The molecule has 0 radical (unpaired) electrons. The zero-order valence-corrected chi connectivity index (χ0v) is 11.3. The molecule has 0 aliphatic carbocycles. The van der Waals surface area contributed by atoms with Gasteiger partial charge in [-0.25, -0.2) is 0 Å². The third kappa shape index (κ3) is 3.26. The lowest BCUT2D eigenvalue weighted by Crippen LogP contribution is -2.24. The van der Waals surface area contributed by atoms with Crippen LogP contribution >= 0.6 is 0 Å². The van der Waals surface area contributed by atoms with E-state index in [1.807, 2.05) is 4.90 Å². The van der Waals surface area contributed by atoms with E-state index < -0.39 is 0 Å². The van der Waals surface area contributed by atoms with Crippen LogP contribution < -0.4 is 0 Å². The average Bonchev–Trinajstić information content (AvgIpc) is 2.72. The third-order valence-electron chi connectivity index (χ3n) is 3.64. The Morgan fingerprint density at radius 3 is 2.89 bits per heavy atom. The van der Waals surface area contributed by atoms with Crippen molar-refractivity contribution in [2.75, 3.05) is 13.1 Å². The van der Waals surface area contributed by atoms with Gasteiger partial charge in [-0.1, -0.05) is 23.3 Å². The number of amides is 1. The van der Waals surface area contributed by atoms with Gasteiger partial charge in [-0.05, 0) is 42.0 Å². The van der Waals surface area contributed by atoms with Gasteiger partial charge in [-0.2, -0.15) is 0 Å². The van der Waals surface area contributed by atoms with Gasteiger partial charge >= 0.3 is 0 Å². The number of rotatable bonds is 4. The Morgan fingerprint density at radius 1 is 1.42 bits per heavy atom. The van der Waals surface area contributed by atoms with Gasteiger partial charge in [0.2, 0.25) is 5.91 Å². The molecule has 19 heavy (non-hydrogen) atoms. The number of carbonyl (C=O) groups is 1. The first-order valence-corrected chi connectivity index (χ1v) is 6.45. The first kappa shape index (κ1) is 13.4. The molecule has 1 aromatic rings. The van der Waals surface area contributed by atoms with Crippen molar-refractivity contribution >= 4 is 5.91 Å². The Kier molecular flexibility index (Phi) is 4.07. The van der Waals surface area contributed by atoms with Crippen LogP contribution in [0.25, 0.3) is 10.4 Å². The number of hydrogen-bond donors (Lipinski definition) is 0. The van der Waals surface area contributed by atoms with E-state index in [0.29, 0.717) is 26.1 Å². The van der Waals surface area contributed by atoms with E-state index in [0.717, 1.165) is 5.56 Å². The smallest absolute Gasteiger partial charge is 0.223 e. The fraction of sp³-hybridized carbons (Fsp3) is 0.500. The van der Waals surface area contributed by atoms with Crippen molar-refractivity contribution < 1.29 is 4.79 Å². The topological polar surface area (TPSA) is 69.1 Å². The number of hydrogen-bond acceptors (Lipinski definition) is 2.